The van der Waals surface area contributed by atoms with E-state index in [4.69, 9.17) is 5.11 Å². The van der Waals surface area contributed by atoms with E-state index in [9.17, 15) is 9.59 Å². The van der Waals surface area contributed by atoms with Crippen LogP contribution < -0.4 is 5.56 Å². The van der Waals surface area contributed by atoms with E-state index < -0.39 is 5.97 Å². The third kappa shape index (κ3) is 3.65. The molecule has 102 valence electrons. The molecular weight excluding hydrogens is 256 g/mol. The Hall–Kier alpha value is -2.69. The summed E-state index contributed by atoms with van der Waals surface area (Å²) >= 11 is 0. The summed E-state index contributed by atoms with van der Waals surface area (Å²) < 4.78 is 1.40. The van der Waals surface area contributed by atoms with Gasteiger partial charge in [0.2, 0.25) is 0 Å². The quantitative estimate of drug-likeness (QED) is 0.858. The van der Waals surface area contributed by atoms with Gasteiger partial charge >= 0.3 is 5.97 Å². The average molecular weight is 270 g/mol. The lowest BCUT2D eigenvalue weighted by molar-refractivity contribution is -0.131. The summed E-state index contributed by atoms with van der Waals surface area (Å²) in [6.07, 6.45) is 2.60. The van der Waals surface area contributed by atoms with Crippen LogP contribution in [-0.4, -0.2) is 20.9 Å². The van der Waals surface area contributed by atoms with Crippen molar-refractivity contribution < 1.29 is 9.90 Å². The van der Waals surface area contributed by atoms with Gasteiger partial charge in [0.15, 0.2) is 0 Å². The Morgan fingerprint density at radius 3 is 2.60 bits per heavy atom. The lowest BCUT2D eigenvalue weighted by Gasteiger charge is -2.05. The molecule has 0 radical (unpaired) electrons. The highest BCUT2D eigenvalue weighted by Crippen LogP contribution is 2.07. The van der Waals surface area contributed by atoms with E-state index in [1.54, 1.807) is 18.2 Å². The molecule has 2 rings (SSSR count). The molecule has 5 nitrogen and oxygen atoms in total. The van der Waals surface area contributed by atoms with Gasteiger partial charge in [-0.3, -0.25) is 4.79 Å². The fourth-order valence-electron chi connectivity index (χ4n) is 1.74. The first kappa shape index (κ1) is 13.7. The van der Waals surface area contributed by atoms with Crippen LogP contribution in [0.25, 0.3) is 6.08 Å². The molecule has 1 heterocycles. The molecule has 1 N–H and O–H groups in total. The summed E-state index contributed by atoms with van der Waals surface area (Å²) in [5, 5.41) is 12.7. The molecule has 0 saturated carbocycles. The SMILES string of the molecule is Cc1ccc(=O)n(Cc2ccc(C=CC(=O)O)cc2)n1. The summed E-state index contributed by atoms with van der Waals surface area (Å²) in [4.78, 5) is 22.1. The second kappa shape index (κ2) is 5.97. The molecule has 1 aromatic carbocycles. The third-order valence-electron chi connectivity index (χ3n) is 2.73. The van der Waals surface area contributed by atoms with Gasteiger partial charge in [0.25, 0.3) is 5.56 Å². The van der Waals surface area contributed by atoms with Crippen molar-refractivity contribution in [3.63, 3.8) is 0 Å². The molecule has 0 saturated heterocycles. The lowest BCUT2D eigenvalue weighted by Crippen LogP contribution is -2.22. The van der Waals surface area contributed by atoms with Crippen molar-refractivity contribution in [2.45, 2.75) is 13.5 Å². The third-order valence-corrected chi connectivity index (χ3v) is 2.73. The molecular formula is C15H14N2O3. The highest BCUT2D eigenvalue weighted by atomic mass is 16.4. The Morgan fingerprint density at radius 2 is 1.95 bits per heavy atom. The standard InChI is InChI=1S/C15H14N2O3/c1-11-2-8-14(18)17(16-11)10-13-5-3-12(4-6-13)7-9-15(19)20/h2-9H,10H2,1H3,(H,19,20). The van der Waals surface area contributed by atoms with Crippen LogP contribution in [0.1, 0.15) is 16.8 Å². The number of carbonyl (C=O) groups is 1. The molecule has 0 fully saturated rings. The van der Waals surface area contributed by atoms with Crippen LogP contribution in [0, 0.1) is 6.92 Å². The minimum Gasteiger partial charge on any atom is -0.478 e. The largest absolute Gasteiger partial charge is 0.478 e. The molecule has 0 bridgehead atoms. The normalized spacial score (nSPS) is 10.8. The van der Waals surface area contributed by atoms with Crippen molar-refractivity contribution in [2.75, 3.05) is 0 Å². The number of carboxylic acids is 1. The molecule has 0 aliphatic carbocycles. The Morgan fingerprint density at radius 1 is 1.25 bits per heavy atom. The van der Waals surface area contributed by atoms with Gasteiger partial charge in [-0.05, 0) is 30.2 Å². The molecule has 0 aliphatic rings. The van der Waals surface area contributed by atoms with Crippen molar-refractivity contribution in [1.29, 1.82) is 0 Å². The first-order valence-electron chi connectivity index (χ1n) is 6.09. The molecule has 0 spiro atoms. The second-order valence-electron chi connectivity index (χ2n) is 4.38. The molecule has 20 heavy (non-hydrogen) atoms. The van der Waals surface area contributed by atoms with E-state index in [0.29, 0.717) is 6.54 Å². The van der Waals surface area contributed by atoms with E-state index in [1.165, 1.54) is 16.8 Å². The van der Waals surface area contributed by atoms with Gasteiger partial charge < -0.3 is 5.11 Å². The van der Waals surface area contributed by atoms with Crippen molar-refractivity contribution in [1.82, 2.24) is 9.78 Å². The predicted octanol–water partition coefficient (Wildman–Crippen LogP) is 1.70. The number of hydrogen-bond acceptors (Lipinski definition) is 3. The first-order valence-corrected chi connectivity index (χ1v) is 6.09. The van der Waals surface area contributed by atoms with Crippen molar-refractivity contribution in [2.24, 2.45) is 0 Å². The topological polar surface area (TPSA) is 72.2 Å². The zero-order valence-electron chi connectivity index (χ0n) is 11.0. The number of rotatable bonds is 4. The lowest BCUT2D eigenvalue weighted by atomic mass is 10.1. The summed E-state index contributed by atoms with van der Waals surface area (Å²) in [7, 11) is 0. The molecule has 0 aliphatic heterocycles. The van der Waals surface area contributed by atoms with E-state index in [2.05, 4.69) is 5.10 Å². The monoisotopic (exact) mass is 270 g/mol. The molecule has 0 atom stereocenters. The van der Waals surface area contributed by atoms with Crippen LogP contribution in [0.4, 0.5) is 0 Å². The van der Waals surface area contributed by atoms with Crippen LogP contribution in [0.15, 0.2) is 47.3 Å². The minimum absolute atomic E-state index is 0.148. The Labute approximate surface area is 115 Å². The molecule has 0 amide bonds. The van der Waals surface area contributed by atoms with Crippen LogP contribution in [0.5, 0.6) is 0 Å². The van der Waals surface area contributed by atoms with Crippen LogP contribution >= 0.6 is 0 Å². The molecule has 5 heteroatoms. The second-order valence-corrected chi connectivity index (χ2v) is 4.38. The highest BCUT2D eigenvalue weighted by molar-refractivity contribution is 5.85. The van der Waals surface area contributed by atoms with E-state index in [-0.39, 0.29) is 5.56 Å². The van der Waals surface area contributed by atoms with Gasteiger partial charge in [-0.15, -0.1) is 0 Å². The van der Waals surface area contributed by atoms with Gasteiger partial charge in [0.05, 0.1) is 12.2 Å². The maximum Gasteiger partial charge on any atom is 0.328 e. The number of hydrogen-bond donors (Lipinski definition) is 1. The van der Waals surface area contributed by atoms with Crippen molar-refractivity contribution in [3.8, 4) is 0 Å². The van der Waals surface area contributed by atoms with E-state index in [0.717, 1.165) is 22.9 Å². The van der Waals surface area contributed by atoms with Crippen LogP contribution in [-0.2, 0) is 11.3 Å². The van der Waals surface area contributed by atoms with Gasteiger partial charge in [0, 0.05) is 12.1 Å². The highest BCUT2D eigenvalue weighted by Gasteiger charge is 2.00. The minimum atomic E-state index is -0.982. The number of aryl methyl sites for hydroxylation is 1. The van der Waals surface area contributed by atoms with Gasteiger partial charge in [0.1, 0.15) is 0 Å². The summed E-state index contributed by atoms with van der Waals surface area (Å²) in [5.74, 6) is -0.982. The zero-order valence-corrected chi connectivity index (χ0v) is 11.0. The Kier molecular flexibility index (Phi) is 4.10. The number of nitrogens with zero attached hydrogens (tertiary/aromatic N) is 2. The van der Waals surface area contributed by atoms with Crippen LogP contribution in [0.2, 0.25) is 0 Å². The zero-order chi connectivity index (χ0) is 14.5. The Balaban J connectivity index is 2.17. The maximum absolute atomic E-state index is 11.6. The maximum atomic E-state index is 11.6. The number of benzene rings is 1. The molecule has 2 aromatic rings. The van der Waals surface area contributed by atoms with Gasteiger partial charge in [-0.25, -0.2) is 9.48 Å². The predicted molar refractivity (Wildman–Crippen MR) is 75.4 cm³/mol. The smallest absolute Gasteiger partial charge is 0.328 e. The fraction of sp³-hybridized carbons (Fsp3) is 0.133. The first-order chi connectivity index (χ1) is 9.54. The number of aliphatic carboxylic acids is 1. The average Bonchev–Trinajstić information content (AvgIpc) is 2.42. The van der Waals surface area contributed by atoms with Crippen molar-refractivity contribution >= 4 is 12.0 Å². The molecule has 1 aromatic heterocycles. The number of carboxylic acid groups (broad SMARTS) is 1. The summed E-state index contributed by atoms with van der Waals surface area (Å²) in [6.45, 7) is 2.22. The number of aromatic nitrogens is 2. The van der Waals surface area contributed by atoms with E-state index in [1.807, 2.05) is 19.1 Å². The summed E-state index contributed by atoms with van der Waals surface area (Å²) in [6, 6.07) is 10.5. The molecule has 0 unspecified atom stereocenters. The van der Waals surface area contributed by atoms with Gasteiger partial charge in [-0.2, -0.15) is 5.10 Å². The van der Waals surface area contributed by atoms with Gasteiger partial charge in [-0.1, -0.05) is 24.3 Å². The summed E-state index contributed by atoms with van der Waals surface area (Å²) in [5.41, 5.74) is 2.36. The Bertz CT molecular complexity index is 700. The van der Waals surface area contributed by atoms with Crippen molar-refractivity contribution in [3.05, 3.63) is 69.6 Å². The fourth-order valence-corrected chi connectivity index (χ4v) is 1.74. The van der Waals surface area contributed by atoms with E-state index >= 15 is 0 Å². The van der Waals surface area contributed by atoms with Crippen LogP contribution in [0.3, 0.4) is 0 Å².